The number of amides is 1. The minimum Gasteiger partial charge on any atom is -0.449 e. The first-order valence-electron chi connectivity index (χ1n) is 8.64. The van der Waals surface area contributed by atoms with E-state index in [-0.39, 0.29) is 27.4 Å². The first-order valence-corrected chi connectivity index (χ1v) is 10.5. The van der Waals surface area contributed by atoms with E-state index in [1.54, 1.807) is 13.8 Å². The van der Waals surface area contributed by atoms with Gasteiger partial charge in [-0.1, -0.05) is 25.4 Å². The molecule has 0 saturated heterocycles. The highest BCUT2D eigenvalue weighted by Gasteiger charge is 2.26. The molecule has 152 valence electrons. The van der Waals surface area contributed by atoms with Crippen LogP contribution in [-0.4, -0.2) is 50.3 Å². The molecule has 1 N–H and O–H groups in total. The van der Waals surface area contributed by atoms with Gasteiger partial charge in [0.1, 0.15) is 0 Å². The molecule has 1 aromatic carbocycles. The fourth-order valence-corrected chi connectivity index (χ4v) is 3.58. The molecule has 0 aliphatic rings. The van der Waals surface area contributed by atoms with Crippen LogP contribution in [0.15, 0.2) is 23.1 Å². The summed E-state index contributed by atoms with van der Waals surface area (Å²) in [5.74, 6) is -1.04. The zero-order valence-corrected chi connectivity index (χ0v) is 18.0. The fraction of sp³-hybridized carbons (Fsp3) is 0.556. The van der Waals surface area contributed by atoms with Gasteiger partial charge < -0.3 is 10.1 Å². The average Bonchev–Trinajstić information content (AvgIpc) is 2.58. The number of carbonyl (C=O) groups excluding carboxylic acids is 2. The third-order valence-electron chi connectivity index (χ3n) is 3.90. The molecule has 0 spiro atoms. The van der Waals surface area contributed by atoms with Gasteiger partial charge in [-0.3, -0.25) is 4.79 Å². The van der Waals surface area contributed by atoms with Gasteiger partial charge in [0.05, 0.1) is 15.5 Å². The maximum Gasteiger partial charge on any atom is 0.340 e. The molecule has 1 amide bonds. The van der Waals surface area contributed by atoms with Crippen LogP contribution in [0.2, 0.25) is 5.02 Å². The summed E-state index contributed by atoms with van der Waals surface area (Å²) >= 11 is 6.04. The lowest BCUT2D eigenvalue weighted by atomic mass is 10.2. The summed E-state index contributed by atoms with van der Waals surface area (Å²) in [5, 5.41) is 2.71. The van der Waals surface area contributed by atoms with Gasteiger partial charge in [0.25, 0.3) is 5.91 Å². The summed E-state index contributed by atoms with van der Waals surface area (Å²) in [7, 11) is -2.33. The lowest BCUT2D eigenvalue weighted by Gasteiger charge is -2.21. The average molecular weight is 419 g/mol. The van der Waals surface area contributed by atoms with Crippen LogP contribution in [-0.2, 0) is 19.6 Å². The summed E-state index contributed by atoms with van der Waals surface area (Å²) in [5.41, 5.74) is -0.113. The van der Waals surface area contributed by atoms with E-state index < -0.39 is 28.0 Å². The Balaban J connectivity index is 3.03. The van der Waals surface area contributed by atoms with Gasteiger partial charge in [-0.15, -0.1) is 0 Å². The van der Waals surface area contributed by atoms with Crippen molar-refractivity contribution in [1.29, 1.82) is 0 Å². The molecule has 0 saturated carbocycles. The van der Waals surface area contributed by atoms with Crippen LogP contribution in [0.4, 0.5) is 0 Å². The maximum atomic E-state index is 12.6. The number of nitrogens with zero attached hydrogens (tertiary/aromatic N) is 1. The quantitative estimate of drug-likeness (QED) is 0.655. The molecule has 27 heavy (non-hydrogen) atoms. The highest BCUT2D eigenvalue weighted by molar-refractivity contribution is 7.89. The third-order valence-corrected chi connectivity index (χ3v) is 6.26. The monoisotopic (exact) mass is 418 g/mol. The van der Waals surface area contributed by atoms with E-state index in [1.807, 2.05) is 13.8 Å². The molecule has 0 aliphatic carbocycles. The standard InChI is InChI=1S/C18H27ClN2O5S/c1-11(2)10-20-17(22)13(5)26-18(23)15-9-14(7-8-16(15)19)27(24,25)21(6)12(3)4/h7-9,11-13H,10H2,1-6H3,(H,20,22)/t13-/m0/s1. The van der Waals surface area contributed by atoms with Crippen molar-refractivity contribution < 1.29 is 22.7 Å². The Kier molecular flexibility index (Phi) is 8.25. The lowest BCUT2D eigenvalue weighted by molar-refractivity contribution is -0.129. The van der Waals surface area contributed by atoms with Crippen molar-refractivity contribution in [3.05, 3.63) is 28.8 Å². The van der Waals surface area contributed by atoms with Crippen molar-refractivity contribution in [3.8, 4) is 0 Å². The molecule has 0 bridgehead atoms. The van der Waals surface area contributed by atoms with E-state index in [0.717, 1.165) is 6.07 Å². The van der Waals surface area contributed by atoms with Gasteiger partial charge in [0.15, 0.2) is 6.10 Å². The maximum absolute atomic E-state index is 12.6. The van der Waals surface area contributed by atoms with Crippen molar-refractivity contribution in [2.45, 2.75) is 51.7 Å². The fourth-order valence-electron chi connectivity index (χ4n) is 1.99. The number of halogens is 1. The first-order chi connectivity index (χ1) is 12.4. The minimum absolute atomic E-state index is 0.0425. The highest BCUT2D eigenvalue weighted by atomic mass is 35.5. The number of ether oxygens (including phenoxy) is 1. The summed E-state index contributed by atoms with van der Waals surface area (Å²) in [6.07, 6.45) is -1.04. The van der Waals surface area contributed by atoms with Gasteiger partial charge in [-0.25, -0.2) is 13.2 Å². The van der Waals surface area contributed by atoms with Crippen molar-refractivity contribution in [2.75, 3.05) is 13.6 Å². The van der Waals surface area contributed by atoms with Gasteiger partial charge >= 0.3 is 5.97 Å². The molecule has 9 heteroatoms. The number of benzene rings is 1. The topological polar surface area (TPSA) is 92.8 Å². The molecular weight excluding hydrogens is 392 g/mol. The lowest BCUT2D eigenvalue weighted by Crippen LogP contribution is -2.37. The Morgan fingerprint density at radius 3 is 2.30 bits per heavy atom. The van der Waals surface area contributed by atoms with Gasteiger partial charge in [0, 0.05) is 19.6 Å². The smallest absolute Gasteiger partial charge is 0.340 e. The van der Waals surface area contributed by atoms with E-state index >= 15 is 0 Å². The number of carbonyl (C=O) groups is 2. The Labute approximate surface area is 166 Å². The van der Waals surface area contributed by atoms with Crippen molar-refractivity contribution in [3.63, 3.8) is 0 Å². The van der Waals surface area contributed by atoms with E-state index in [4.69, 9.17) is 16.3 Å². The van der Waals surface area contributed by atoms with Crippen LogP contribution in [0.25, 0.3) is 0 Å². The number of sulfonamides is 1. The number of nitrogens with one attached hydrogen (secondary N) is 1. The largest absolute Gasteiger partial charge is 0.449 e. The molecule has 1 rings (SSSR count). The third kappa shape index (κ3) is 6.19. The van der Waals surface area contributed by atoms with E-state index in [9.17, 15) is 18.0 Å². The second kappa shape index (κ2) is 9.52. The molecule has 0 aromatic heterocycles. The second-order valence-electron chi connectivity index (χ2n) is 6.94. The highest BCUT2D eigenvalue weighted by Crippen LogP contribution is 2.24. The van der Waals surface area contributed by atoms with E-state index in [0.29, 0.717) is 6.54 Å². The molecule has 0 radical (unpaired) electrons. The summed E-state index contributed by atoms with van der Waals surface area (Å²) in [6, 6.07) is 3.55. The first kappa shape index (κ1) is 23.4. The zero-order valence-electron chi connectivity index (χ0n) is 16.4. The molecule has 1 atom stereocenters. The van der Waals surface area contributed by atoms with Gasteiger partial charge in [-0.2, -0.15) is 4.31 Å². The number of hydrogen-bond acceptors (Lipinski definition) is 5. The van der Waals surface area contributed by atoms with Crippen molar-refractivity contribution in [1.82, 2.24) is 9.62 Å². The summed E-state index contributed by atoms with van der Waals surface area (Å²) in [6.45, 7) is 9.25. The van der Waals surface area contributed by atoms with Crippen LogP contribution < -0.4 is 5.32 Å². The number of hydrogen-bond donors (Lipinski definition) is 1. The van der Waals surface area contributed by atoms with Crippen LogP contribution in [0.5, 0.6) is 0 Å². The predicted octanol–water partition coefficient (Wildman–Crippen LogP) is 2.69. The molecule has 0 heterocycles. The van der Waals surface area contributed by atoms with Crippen LogP contribution in [0.3, 0.4) is 0 Å². The normalized spacial score (nSPS) is 13.1. The molecule has 1 aromatic rings. The Hall–Kier alpha value is -1.64. The van der Waals surface area contributed by atoms with Crippen molar-refractivity contribution >= 4 is 33.5 Å². The molecule has 0 aliphatic heterocycles. The van der Waals surface area contributed by atoms with Gasteiger partial charge in [-0.05, 0) is 44.9 Å². The SMILES string of the molecule is CC(C)CNC(=O)[C@H](C)OC(=O)c1cc(S(=O)(=O)N(C)C(C)C)ccc1Cl. The summed E-state index contributed by atoms with van der Waals surface area (Å²) < 4.78 is 31.5. The minimum atomic E-state index is -3.79. The Morgan fingerprint density at radius 2 is 1.78 bits per heavy atom. The molecule has 0 unspecified atom stereocenters. The van der Waals surface area contributed by atoms with Gasteiger partial charge in [0.2, 0.25) is 10.0 Å². The summed E-state index contributed by atoms with van der Waals surface area (Å²) in [4.78, 5) is 24.3. The predicted molar refractivity (Wildman–Crippen MR) is 104 cm³/mol. The zero-order chi connectivity index (χ0) is 20.9. The van der Waals surface area contributed by atoms with Crippen LogP contribution in [0.1, 0.15) is 45.0 Å². The Morgan fingerprint density at radius 1 is 1.19 bits per heavy atom. The van der Waals surface area contributed by atoms with E-state index in [1.165, 1.54) is 30.4 Å². The number of esters is 1. The van der Waals surface area contributed by atoms with E-state index in [2.05, 4.69) is 5.32 Å². The molecule has 0 fully saturated rings. The molecular formula is C18H27ClN2O5S. The second-order valence-corrected chi connectivity index (χ2v) is 9.35. The molecule has 7 nitrogen and oxygen atoms in total. The van der Waals surface area contributed by atoms with Crippen molar-refractivity contribution in [2.24, 2.45) is 5.92 Å². The van der Waals surface area contributed by atoms with Crippen LogP contribution >= 0.6 is 11.6 Å². The van der Waals surface area contributed by atoms with Crippen LogP contribution in [0, 0.1) is 5.92 Å². The Bertz CT molecular complexity index is 793. The number of rotatable bonds is 8.